The number of rotatable bonds is 3. The third-order valence-corrected chi connectivity index (χ3v) is 3.42. The number of halogens is 1. The maximum Gasteiger partial charge on any atom is 0.237 e. The van der Waals surface area contributed by atoms with E-state index in [0.29, 0.717) is 0 Å². The molecule has 0 heterocycles. The standard InChI is InChI=1S/C14H20N2O.ClH/c1-9(2)13(15)14(17)16-12-7-10-5-3-4-6-11(10)8-12;/h3-6,9,12-13H,7-8,15H2,1-2H3,(H,16,17);1H/t13-;/m1./s1. The number of hydrogen-bond acceptors (Lipinski definition) is 2. The van der Waals surface area contributed by atoms with Gasteiger partial charge in [-0.1, -0.05) is 38.1 Å². The van der Waals surface area contributed by atoms with Gasteiger partial charge in [-0.3, -0.25) is 4.79 Å². The van der Waals surface area contributed by atoms with E-state index in [-0.39, 0.29) is 30.3 Å². The highest BCUT2D eigenvalue weighted by atomic mass is 35.5. The quantitative estimate of drug-likeness (QED) is 0.876. The van der Waals surface area contributed by atoms with Gasteiger partial charge in [-0.2, -0.15) is 0 Å². The Bertz CT molecular complexity index is 395. The zero-order valence-electron chi connectivity index (χ0n) is 10.8. The fourth-order valence-corrected chi connectivity index (χ4v) is 2.26. The second kappa shape index (κ2) is 6.21. The summed E-state index contributed by atoms with van der Waals surface area (Å²) >= 11 is 0. The van der Waals surface area contributed by atoms with Crippen molar-refractivity contribution in [3.63, 3.8) is 0 Å². The molecule has 0 saturated heterocycles. The average Bonchev–Trinajstić information content (AvgIpc) is 2.69. The zero-order chi connectivity index (χ0) is 12.4. The Morgan fingerprint density at radius 1 is 1.28 bits per heavy atom. The monoisotopic (exact) mass is 268 g/mol. The van der Waals surface area contributed by atoms with Gasteiger partial charge >= 0.3 is 0 Å². The average molecular weight is 269 g/mol. The largest absolute Gasteiger partial charge is 0.351 e. The molecule has 1 aliphatic carbocycles. The predicted molar refractivity (Wildman–Crippen MR) is 75.8 cm³/mol. The van der Waals surface area contributed by atoms with Crippen molar-refractivity contribution >= 4 is 18.3 Å². The molecule has 1 aromatic rings. The molecule has 3 nitrogen and oxygen atoms in total. The third kappa shape index (κ3) is 3.24. The normalized spacial score (nSPS) is 16.0. The first-order valence-electron chi connectivity index (χ1n) is 6.20. The van der Waals surface area contributed by atoms with Crippen LogP contribution >= 0.6 is 12.4 Å². The lowest BCUT2D eigenvalue weighted by Gasteiger charge is -2.18. The minimum absolute atomic E-state index is 0. The van der Waals surface area contributed by atoms with E-state index in [1.165, 1.54) is 11.1 Å². The number of carbonyl (C=O) groups is 1. The van der Waals surface area contributed by atoms with Crippen LogP contribution in [0, 0.1) is 5.92 Å². The highest BCUT2D eigenvalue weighted by Crippen LogP contribution is 2.21. The summed E-state index contributed by atoms with van der Waals surface area (Å²) in [5.41, 5.74) is 8.52. The van der Waals surface area contributed by atoms with Gasteiger partial charge in [0.05, 0.1) is 6.04 Å². The fraction of sp³-hybridized carbons (Fsp3) is 0.500. The summed E-state index contributed by atoms with van der Waals surface area (Å²) in [6.45, 7) is 3.93. The highest BCUT2D eigenvalue weighted by Gasteiger charge is 2.25. The second-order valence-electron chi connectivity index (χ2n) is 5.15. The zero-order valence-corrected chi connectivity index (χ0v) is 11.7. The molecular weight excluding hydrogens is 248 g/mol. The number of benzene rings is 1. The molecule has 0 unspecified atom stereocenters. The highest BCUT2D eigenvalue weighted by molar-refractivity contribution is 5.85. The molecule has 4 heteroatoms. The van der Waals surface area contributed by atoms with Gasteiger partial charge in [0.25, 0.3) is 0 Å². The number of nitrogens with two attached hydrogens (primary N) is 1. The number of amides is 1. The Morgan fingerprint density at radius 3 is 2.22 bits per heavy atom. The molecule has 2 rings (SSSR count). The Kier molecular flexibility index (Phi) is 5.17. The molecule has 1 aromatic carbocycles. The maximum absolute atomic E-state index is 11.9. The van der Waals surface area contributed by atoms with Crippen LogP contribution < -0.4 is 11.1 Å². The summed E-state index contributed by atoms with van der Waals surface area (Å²) < 4.78 is 0. The van der Waals surface area contributed by atoms with E-state index in [9.17, 15) is 4.79 Å². The molecule has 18 heavy (non-hydrogen) atoms. The van der Waals surface area contributed by atoms with Gasteiger partial charge in [0.1, 0.15) is 0 Å². The molecule has 0 aliphatic heterocycles. The molecule has 1 aliphatic rings. The van der Waals surface area contributed by atoms with Gasteiger partial charge in [0.15, 0.2) is 0 Å². The summed E-state index contributed by atoms with van der Waals surface area (Å²) in [5, 5.41) is 3.04. The van der Waals surface area contributed by atoms with Gasteiger partial charge < -0.3 is 11.1 Å². The van der Waals surface area contributed by atoms with E-state index in [0.717, 1.165) is 12.8 Å². The number of nitrogens with one attached hydrogen (secondary N) is 1. The van der Waals surface area contributed by atoms with E-state index in [2.05, 4.69) is 17.4 Å². The van der Waals surface area contributed by atoms with Crippen molar-refractivity contribution in [3.05, 3.63) is 35.4 Å². The first-order valence-corrected chi connectivity index (χ1v) is 6.20. The van der Waals surface area contributed by atoms with E-state index >= 15 is 0 Å². The van der Waals surface area contributed by atoms with Crippen molar-refractivity contribution in [2.45, 2.75) is 38.8 Å². The predicted octanol–water partition coefficient (Wildman–Crippen LogP) is 1.68. The van der Waals surface area contributed by atoms with Gasteiger partial charge in [-0.15, -0.1) is 12.4 Å². The minimum Gasteiger partial charge on any atom is -0.351 e. The Morgan fingerprint density at radius 2 is 1.78 bits per heavy atom. The van der Waals surface area contributed by atoms with E-state index in [1.807, 2.05) is 26.0 Å². The molecule has 0 aromatic heterocycles. The number of carbonyl (C=O) groups excluding carboxylic acids is 1. The molecular formula is C14H21ClN2O. The molecule has 100 valence electrons. The van der Waals surface area contributed by atoms with Gasteiger partial charge in [0, 0.05) is 6.04 Å². The molecule has 0 spiro atoms. The first kappa shape index (κ1) is 15.0. The SMILES string of the molecule is CC(C)[C@@H](N)C(=O)NC1Cc2ccccc2C1.Cl. The molecule has 0 bridgehead atoms. The topological polar surface area (TPSA) is 55.1 Å². The summed E-state index contributed by atoms with van der Waals surface area (Å²) in [7, 11) is 0. The molecule has 0 saturated carbocycles. The molecule has 3 N–H and O–H groups in total. The van der Waals surface area contributed by atoms with Crippen molar-refractivity contribution in [2.75, 3.05) is 0 Å². The summed E-state index contributed by atoms with van der Waals surface area (Å²) in [6.07, 6.45) is 1.85. The van der Waals surface area contributed by atoms with Gasteiger partial charge in [-0.05, 0) is 29.9 Å². The summed E-state index contributed by atoms with van der Waals surface area (Å²) in [4.78, 5) is 11.9. The van der Waals surface area contributed by atoms with Crippen LogP contribution in [0.4, 0.5) is 0 Å². The van der Waals surface area contributed by atoms with Crippen molar-refractivity contribution in [1.82, 2.24) is 5.32 Å². The van der Waals surface area contributed by atoms with Crippen LogP contribution in [-0.2, 0) is 17.6 Å². The number of fused-ring (bicyclic) bond motifs is 1. The molecule has 0 radical (unpaired) electrons. The fourth-order valence-electron chi connectivity index (χ4n) is 2.26. The molecule has 1 amide bonds. The van der Waals surface area contributed by atoms with Crippen LogP contribution in [0.5, 0.6) is 0 Å². The van der Waals surface area contributed by atoms with Crippen molar-refractivity contribution in [1.29, 1.82) is 0 Å². The molecule has 1 atom stereocenters. The van der Waals surface area contributed by atoms with Crippen LogP contribution in [0.1, 0.15) is 25.0 Å². The smallest absolute Gasteiger partial charge is 0.237 e. The van der Waals surface area contributed by atoms with E-state index in [1.54, 1.807) is 0 Å². The van der Waals surface area contributed by atoms with Crippen LogP contribution in [-0.4, -0.2) is 18.0 Å². The summed E-state index contributed by atoms with van der Waals surface area (Å²) in [5.74, 6) is 0.150. The van der Waals surface area contributed by atoms with Gasteiger partial charge in [-0.25, -0.2) is 0 Å². The lowest BCUT2D eigenvalue weighted by Crippen LogP contribution is -2.48. The first-order chi connectivity index (χ1) is 8.08. The minimum atomic E-state index is -0.404. The van der Waals surface area contributed by atoms with Crippen molar-refractivity contribution in [2.24, 2.45) is 11.7 Å². The van der Waals surface area contributed by atoms with Gasteiger partial charge in [0.2, 0.25) is 5.91 Å². The Balaban J connectivity index is 0.00000162. The van der Waals surface area contributed by atoms with Crippen LogP contribution in [0.25, 0.3) is 0 Å². The molecule has 0 fully saturated rings. The van der Waals surface area contributed by atoms with Crippen molar-refractivity contribution in [3.8, 4) is 0 Å². The Labute approximate surface area is 115 Å². The lowest BCUT2D eigenvalue weighted by molar-refractivity contribution is -0.123. The van der Waals surface area contributed by atoms with Crippen LogP contribution in [0.15, 0.2) is 24.3 Å². The van der Waals surface area contributed by atoms with Crippen LogP contribution in [0.3, 0.4) is 0 Å². The van der Waals surface area contributed by atoms with E-state index in [4.69, 9.17) is 5.73 Å². The lowest BCUT2D eigenvalue weighted by atomic mass is 10.0. The second-order valence-corrected chi connectivity index (χ2v) is 5.15. The Hall–Kier alpha value is -1.06. The van der Waals surface area contributed by atoms with Crippen molar-refractivity contribution < 1.29 is 4.79 Å². The maximum atomic E-state index is 11.9. The van der Waals surface area contributed by atoms with E-state index < -0.39 is 6.04 Å². The summed E-state index contributed by atoms with van der Waals surface area (Å²) in [6, 6.07) is 8.16. The van der Waals surface area contributed by atoms with Crippen LogP contribution in [0.2, 0.25) is 0 Å². The number of hydrogen-bond donors (Lipinski definition) is 2. The third-order valence-electron chi connectivity index (χ3n) is 3.42.